The van der Waals surface area contributed by atoms with Gasteiger partial charge in [-0.1, -0.05) is 6.58 Å². The topological polar surface area (TPSA) is 66.7 Å². The predicted molar refractivity (Wildman–Crippen MR) is 40.5 cm³/mol. The standard InChI is InChI=1S/C4H3NO.C3H4O2/c6-4-2-1-3-5-4;1-2-3(4)5/h1-3H;2H,1H2,(H,4,5). The monoisotopic (exact) mass is 153 g/mol. The molecule has 0 aromatic rings. The summed E-state index contributed by atoms with van der Waals surface area (Å²) in [4.78, 5) is 22.6. The molecule has 0 radical (unpaired) electrons. The number of allylic oxidation sites excluding steroid dienone is 1. The van der Waals surface area contributed by atoms with Crippen LogP contribution in [0.1, 0.15) is 0 Å². The lowest BCUT2D eigenvalue weighted by Gasteiger charge is -1.64. The van der Waals surface area contributed by atoms with Gasteiger partial charge in [-0.15, -0.1) is 0 Å². The summed E-state index contributed by atoms with van der Waals surface area (Å²) in [6.45, 7) is 2.96. The molecule has 1 aliphatic rings. The number of amides is 1. The Hall–Kier alpha value is -1.71. The van der Waals surface area contributed by atoms with E-state index in [-0.39, 0.29) is 5.91 Å². The largest absolute Gasteiger partial charge is 0.478 e. The van der Waals surface area contributed by atoms with Gasteiger partial charge in [-0.3, -0.25) is 4.79 Å². The van der Waals surface area contributed by atoms with Crippen LogP contribution in [0, 0.1) is 0 Å². The van der Waals surface area contributed by atoms with E-state index >= 15 is 0 Å². The minimum absolute atomic E-state index is 0.157. The fourth-order valence-electron chi connectivity index (χ4n) is 0.285. The van der Waals surface area contributed by atoms with Crippen LogP contribution in [0.4, 0.5) is 0 Å². The van der Waals surface area contributed by atoms with Gasteiger partial charge in [-0.05, 0) is 6.08 Å². The summed E-state index contributed by atoms with van der Waals surface area (Å²) < 4.78 is 0. The van der Waals surface area contributed by atoms with Crippen LogP contribution in [0.5, 0.6) is 0 Å². The van der Waals surface area contributed by atoms with Crippen LogP contribution in [0.25, 0.3) is 0 Å². The molecule has 0 aromatic carbocycles. The highest BCUT2D eigenvalue weighted by molar-refractivity contribution is 6.03. The third kappa shape index (κ3) is 6.17. The van der Waals surface area contributed by atoms with Crippen molar-refractivity contribution in [3.63, 3.8) is 0 Å². The summed E-state index contributed by atoms with van der Waals surface area (Å²) >= 11 is 0. The fourth-order valence-corrected chi connectivity index (χ4v) is 0.285. The van der Waals surface area contributed by atoms with Gasteiger partial charge >= 0.3 is 5.97 Å². The molecule has 0 atom stereocenters. The zero-order valence-corrected chi connectivity index (χ0v) is 5.73. The Bertz CT molecular complexity index is 214. The third-order valence-corrected chi connectivity index (χ3v) is 0.701. The van der Waals surface area contributed by atoms with Crippen LogP contribution in [-0.4, -0.2) is 23.2 Å². The molecule has 0 aliphatic carbocycles. The van der Waals surface area contributed by atoms with Crippen molar-refractivity contribution >= 4 is 18.1 Å². The van der Waals surface area contributed by atoms with Gasteiger partial charge in [0, 0.05) is 18.4 Å². The molecule has 4 nitrogen and oxygen atoms in total. The number of aliphatic imine (C=N–C) groups is 1. The van der Waals surface area contributed by atoms with Crippen molar-refractivity contribution in [2.75, 3.05) is 0 Å². The molecule has 1 rings (SSSR count). The van der Waals surface area contributed by atoms with Gasteiger partial charge in [0.2, 0.25) is 0 Å². The van der Waals surface area contributed by atoms with Crippen molar-refractivity contribution in [1.82, 2.24) is 0 Å². The first-order valence-electron chi connectivity index (χ1n) is 2.77. The second-order valence-corrected chi connectivity index (χ2v) is 1.52. The molecule has 58 valence electrons. The van der Waals surface area contributed by atoms with Gasteiger partial charge in [0.25, 0.3) is 5.91 Å². The molecule has 1 N–H and O–H groups in total. The maximum atomic E-state index is 9.96. The van der Waals surface area contributed by atoms with Gasteiger partial charge in [0.1, 0.15) is 0 Å². The van der Waals surface area contributed by atoms with Crippen molar-refractivity contribution in [3.05, 3.63) is 24.8 Å². The molecule has 0 spiro atoms. The maximum absolute atomic E-state index is 9.96. The predicted octanol–water partition coefficient (Wildman–Crippen LogP) is 0.411. The maximum Gasteiger partial charge on any atom is 0.327 e. The number of nitrogens with zero attached hydrogens (tertiary/aromatic N) is 1. The summed E-state index contributed by atoms with van der Waals surface area (Å²) in [6.07, 6.45) is 5.34. The first-order valence-corrected chi connectivity index (χ1v) is 2.77. The van der Waals surface area contributed by atoms with Crippen LogP contribution < -0.4 is 0 Å². The highest BCUT2D eigenvalue weighted by atomic mass is 16.4. The second kappa shape index (κ2) is 5.10. The Morgan fingerprint density at radius 3 is 2.36 bits per heavy atom. The van der Waals surface area contributed by atoms with Crippen LogP contribution in [0.3, 0.4) is 0 Å². The number of hydrogen-bond donors (Lipinski definition) is 1. The Morgan fingerprint density at radius 2 is 2.27 bits per heavy atom. The zero-order valence-electron chi connectivity index (χ0n) is 5.73. The molecule has 4 heteroatoms. The lowest BCUT2D eigenvalue weighted by Crippen LogP contribution is -1.82. The van der Waals surface area contributed by atoms with Crippen molar-refractivity contribution in [2.45, 2.75) is 0 Å². The average molecular weight is 153 g/mol. The summed E-state index contributed by atoms with van der Waals surface area (Å²) in [5, 5.41) is 7.60. The quantitative estimate of drug-likeness (QED) is 0.555. The highest BCUT2D eigenvalue weighted by Crippen LogP contribution is 1.83. The molecule has 1 heterocycles. The van der Waals surface area contributed by atoms with Crippen LogP contribution in [-0.2, 0) is 9.59 Å². The van der Waals surface area contributed by atoms with Gasteiger partial charge in [-0.2, -0.15) is 0 Å². The molecule has 0 saturated carbocycles. The second-order valence-electron chi connectivity index (χ2n) is 1.52. The summed E-state index contributed by atoms with van der Waals surface area (Å²) in [5.41, 5.74) is 0. The number of rotatable bonds is 1. The van der Waals surface area contributed by atoms with Crippen LogP contribution in [0.15, 0.2) is 29.8 Å². The van der Waals surface area contributed by atoms with E-state index in [0.29, 0.717) is 0 Å². The molecule has 0 bridgehead atoms. The van der Waals surface area contributed by atoms with Gasteiger partial charge < -0.3 is 5.11 Å². The number of carbonyl (C=O) groups is 2. The molecule has 0 aromatic heterocycles. The van der Waals surface area contributed by atoms with E-state index in [2.05, 4.69) is 11.6 Å². The van der Waals surface area contributed by atoms with Crippen molar-refractivity contribution in [3.8, 4) is 0 Å². The molecular weight excluding hydrogens is 146 g/mol. The molecule has 11 heavy (non-hydrogen) atoms. The number of carboxylic acid groups (broad SMARTS) is 1. The minimum atomic E-state index is -0.981. The van der Waals surface area contributed by atoms with E-state index in [1.807, 2.05) is 0 Å². The van der Waals surface area contributed by atoms with E-state index in [1.54, 1.807) is 6.08 Å². The molecule has 1 amide bonds. The van der Waals surface area contributed by atoms with Crippen molar-refractivity contribution in [1.29, 1.82) is 0 Å². The lowest BCUT2D eigenvalue weighted by atomic mass is 10.6. The number of hydrogen-bond acceptors (Lipinski definition) is 2. The number of aliphatic carboxylic acids is 1. The van der Waals surface area contributed by atoms with E-state index in [4.69, 9.17) is 5.11 Å². The molecule has 0 saturated heterocycles. The Labute approximate surface area is 63.6 Å². The molecule has 1 aliphatic heterocycles. The van der Waals surface area contributed by atoms with E-state index in [1.165, 1.54) is 12.3 Å². The summed E-state index contributed by atoms with van der Waals surface area (Å²) in [6, 6.07) is 0. The average Bonchev–Trinajstić information content (AvgIpc) is 2.41. The summed E-state index contributed by atoms with van der Waals surface area (Å²) in [7, 11) is 0. The Kier molecular flexibility index (Phi) is 4.31. The molecule has 0 fully saturated rings. The highest BCUT2D eigenvalue weighted by Gasteiger charge is 1.90. The first-order chi connectivity index (χ1) is 5.16. The Balaban J connectivity index is 0.000000187. The van der Waals surface area contributed by atoms with Crippen LogP contribution in [0.2, 0.25) is 0 Å². The zero-order chi connectivity index (χ0) is 8.69. The third-order valence-electron chi connectivity index (χ3n) is 0.701. The van der Waals surface area contributed by atoms with Gasteiger partial charge in [-0.25, -0.2) is 9.79 Å². The molecule has 0 unspecified atom stereocenters. The SMILES string of the molecule is C=CC(=O)O.O=C1C=CC=N1. The smallest absolute Gasteiger partial charge is 0.327 e. The normalized spacial score (nSPS) is 12.2. The van der Waals surface area contributed by atoms with Crippen molar-refractivity contribution < 1.29 is 14.7 Å². The lowest BCUT2D eigenvalue weighted by molar-refractivity contribution is -0.131. The van der Waals surface area contributed by atoms with E-state index in [9.17, 15) is 9.59 Å². The van der Waals surface area contributed by atoms with E-state index < -0.39 is 5.97 Å². The molecular formula is C7H7NO3. The van der Waals surface area contributed by atoms with Gasteiger partial charge in [0.05, 0.1) is 0 Å². The van der Waals surface area contributed by atoms with E-state index in [0.717, 1.165) is 6.08 Å². The number of carbonyl (C=O) groups excluding carboxylic acids is 1. The van der Waals surface area contributed by atoms with Gasteiger partial charge in [0.15, 0.2) is 0 Å². The van der Waals surface area contributed by atoms with Crippen molar-refractivity contribution in [2.24, 2.45) is 4.99 Å². The Morgan fingerprint density at radius 1 is 1.73 bits per heavy atom. The summed E-state index contributed by atoms with van der Waals surface area (Å²) in [5.74, 6) is -1.14. The van der Waals surface area contributed by atoms with Crippen LogP contribution >= 0.6 is 0 Å². The minimum Gasteiger partial charge on any atom is -0.478 e. The fraction of sp³-hybridized carbons (Fsp3) is 0. The number of carboxylic acids is 1. The first kappa shape index (κ1) is 9.29.